The molecule has 0 aliphatic carbocycles. The summed E-state index contributed by atoms with van der Waals surface area (Å²) in [5.41, 5.74) is 5.86. The van der Waals surface area contributed by atoms with E-state index in [1.165, 1.54) is 12.1 Å². The van der Waals surface area contributed by atoms with Gasteiger partial charge in [-0.05, 0) is 43.7 Å². The highest BCUT2D eigenvalue weighted by atomic mass is 32.2. The van der Waals surface area contributed by atoms with E-state index in [0.29, 0.717) is 51.4 Å². The zero-order chi connectivity index (χ0) is 16.7. The Labute approximate surface area is 136 Å². The predicted octanol–water partition coefficient (Wildman–Crippen LogP) is 0.176. The molecule has 1 aromatic rings. The van der Waals surface area contributed by atoms with E-state index in [2.05, 4.69) is 4.72 Å². The fourth-order valence-corrected chi connectivity index (χ4v) is 3.36. The summed E-state index contributed by atoms with van der Waals surface area (Å²) in [7, 11) is -3.54. The second-order valence-electron chi connectivity index (χ2n) is 5.32. The standard InChI is InChI=1S/C15H23N3O4S/c16-7-1-2-8-17-23(20,21)14-5-3-13(4-6-14)15(19)18-9-11-22-12-10-18/h3-6,17H,1-2,7-12,16H2. The first-order chi connectivity index (χ1) is 11.0. The van der Waals surface area contributed by atoms with Gasteiger partial charge in [0.05, 0.1) is 18.1 Å². The molecule has 1 fully saturated rings. The van der Waals surface area contributed by atoms with Gasteiger partial charge in [0.15, 0.2) is 0 Å². The number of hydrogen-bond donors (Lipinski definition) is 2. The van der Waals surface area contributed by atoms with Crippen molar-refractivity contribution < 1.29 is 17.9 Å². The van der Waals surface area contributed by atoms with E-state index in [0.717, 1.165) is 6.42 Å². The van der Waals surface area contributed by atoms with Gasteiger partial charge in [0.2, 0.25) is 10.0 Å². The molecule has 7 nitrogen and oxygen atoms in total. The first-order valence-electron chi connectivity index (χ1n) is 7.71. The maximum absolute atomic E-state index is 12.3. The number of morpholine rings is 1. The molecular formula is C15H23N3O4S. The van der Waals surface area contributed by atoms with Crippen molar-refractivity contribution in [3.8, 4) is 0 Å². The van der Waals surface area contributed by atoms with Crippen molar-refractivity contribution in [2.45, 2.75) is 17.7 Å². The van der Waals surface area contributed by atoms with Gasteiger partial charge >= 0.3 is 0 Å². The summed E-state index contributed by atoms with van der Waals surface area (Å²) in [6.45, 7) is 3.08. The van der Waals surface area contributed by atoms with Crippen molar-refractivity contribution in [3.63, 3.8) is 0 Å². The van der Waals surface area contributed by atoms with Crippen LogP contribution in [0.4, 0.5) is 0 Å². The lowest BCUT2D eigenvalue weighted by atomic mass is 10.2. The molecule has 8 heteroatoms. The van der Waals surface area contributed by atoms with Gasteiger partial charge in [-0.1, -0.05) is 0 Å². The first kappa shape index (κ1) is 17.9. The number of carbonyl (C=O) groups excluding carboxylic acids is 1. The number of ether oxygens (including phenoxy) is 1. The second-order valence-corrected chi connectivity index (χ2v) is 7.09. The molecule has 1 saturated heterocycles. The van der Waals surface area contributed by atoms with E-state index < -0.39 is 10.0 Å². The van der Waals surface area contributed by atoms with Gasteiger partial charge in [-0.3, -0.25) is 4.79 Å². The van der Waals surface area contributed by atoms with Crippen LogP contribution in [-0.2, 0) is 14.8 Å². The van der Waals surface area contributed by atoms with Crippen LogP contribution in [0, 0.1) is 0 Å². The Bertz CT molecular complexity index is 610. The van der Waals surface area contributed by atoms with Gasteiger partial charge in [-0.2, -0.15) is 0 Å². The van der Waals surface area contributed by atoms with Crippen molar-refractivity contribution in [1.82, 2.24) is 9.62 Å². The zero-order valence-electron chi connectivity index (χ0n) is 13.0. The number of nitrogens with two attached hydrogens (primary N) is 1. The van der Waals surface area contributed by atoms with Gasteiger partial charge in [0.1, 0.15) is 0 Å². The maximum Gasteiger partial charge on any atom is 0.254 e. The molecule has 1 amide bonds. The Morgan fingerprint density at radius 1 is 1.17 bits per heavy atom. The fourth-order valence-electron chi connectivity index (χ4n) is 2.28. The SMILES string of the molecule is NCCCCNS(=O)(=O)c1ccc(C(=O)N2CCOCC2)cc1. The van der Waals surface area contributed by atoms with Gasteiger partial charge < -0.3 is 15.4 Å². The highest BCUT2D eigenvalue weighted by Crippen LogP contribution is 2.13. The van der Waals surface area contributed by atoms with Gasteiger partial charge in [0, 0.05) is 25.2 Å². The number of nitrogens with one attached hydrogen (secondary N) is 1. The van der Waals surface area contributed by atoms with Crippen LogP contribution >= 0.6 is 0 Å². The second kappa shape index (κ2) is 8.39. The molecule has 0 unspecified atom stereocenters. The van der Waals surface area contributed by atoms with Gasteiger partial charge in [-0.15, -0.1) is 0 Å². The summed E-state index contributed by atoms with van der Waals surface area (Å²) in [5, 5.41) is 0. The minimum atomic E-state index is -3.54. The van der Waals surface area contributed by atoms with E-state index in [1.807, 2.05) is 0 Å². The molecule has 0 radical (unpaired) electrons. The van der Waals surface area contributed by atoms with E-state index in [9.17, 15) is 13.2 Å². The molecule has 2 rings (SSSR count). The molecule has 0 aromatic heterocycles. The van der Waals surface area contributed by atoms with Gasteiger partial charge in [0.25, 0.3) is 5.91 Å². The zero-order valence-corrected chi connectivity index (χ0v) is 13.8. The highest BCUT2D eigenvalue weighted by Gasteiger charge is 2.19. The van der Waals surface area contributed by atoms with Crippen LogP contribution in [0.15, 0.2) is 29.2 Å². The minimum absolute atomic E-state index is 0.104. The molecule has 128 valence electrons. The Hall–Kier alpha value is -1.48. The number of nitrogens with zero attached hydrogens (tertiary/aromatic N) is 1. The average Bonchev–Trinajstić information content (AvgIpc) is 2.59. The van der Waals surface area contributed by atoms with Crippen LogP contribution in [0.25, 0.3) is 0 Å². The van der Waals surface area contributed by atoms with Crippen LogP contribution in [0.5, 0.6) is 0 Å². The molecule has 1 heterocycles. The third-order valence-electron chi connectivity index (χ3n) is 3.63. The molecule has 0 bridgehead atoms. The highest BCUT2D eigenvalue weighted by molar-refractivity contribution is 7.89. The normalized spacial score (nSPS) is 15.6. The summed E-state index contributed by atoms with van der Waals surface area (Å²) < 4.78 is 32.0. The van der Waals surface area contributed by atoms with Crippen LogP contribution in [0.3, 0.4) is 0 Å². The minimum Gasteiger partial charge on any atom is -0.378 e. The number of amides is 1. The number of benzene rings is 1. The van der Waals surface area contributed by atoms with Crippen molar-refractivity contribution in [2.75, 3.05) is 39.4 Å². The Kier molecular flexibility index (Phi) is 6.52. The molecular weight excluding hydrogens is 318 g/mol. The molecule has 0 spiro atoms. The van der Waals surface area contributed by atoms with E-state index >= 15 is 0 Å². The molecule has 1 aliphatic rings. The third-order valence-corrected chi connectivity index (χ3v) is 5.11. The number of rotatable bonds is 7. The molecule has 3 N–H and O–H groups in total. The lowest BCUT2D eigenvalue weighted by Crippen LogP contribution is -2.40. The Balaban J connectivity index is 1.99. The molecule has 0 saturated carbocycles. The molecule has 1 aliphatic heterocycles. The van der Waals surface area contributed by atoms with E-state index in [-0.39, 0.29) is 10.8 Å². The molecule has 1 aromatic carbocycles. The molecule has 0 atom stereocenters. The largest absolute Gasteiger partial charge is 0.378 e. The maximum atomic E-state index is 12.3. The quantitative estimate of drug-likeness (QED) is 0.689. The Morgan fingerprint density at radius 2 is 1.83 bits per heavy atom. The summed E-state index contributed by atoms with van der Waals surface area (Å²) in [4.78, 5) is 14.2. The number of hydrogen-bond acceptors (Lipinski definition) is 5. The van der Waals surface area contributed by atoms with Crippen molar-refractivity contribution in [1.29, 1.82) is 0 Å². The smallest absolute Gasteiger partial charge is 0.254 e. The van der Waals surface area contributed by atoms with E-state index in [4.69, 9.17) is 10.5 Å². The summed E-state index contributed by atoms with van der Waals surface area (Å²) in [5.74, 6) is -0.104. The predicted molar refractivity (Wildman–Crippen MR) is 86.6 cm³/mol. The number of sulfonamides is 1. The number of unbranched alkanes of at least 4 members (excludes halogenated alkanes) is 1. The summed E-state index contributed by atoms with van der Waals surface area (Å²) in [6.07, 6.45) is 1.47. The van der Waals surface area contributed by atoms with Gasteiger partial charge in [-0.25, -0.2) is 13.1 Å². The topological polar surface area (TPSA) is 102 Å². The summed E-state index contributed by atoms with van der Waals surface area (Å²) in [6, 6.07) is 6.01. The lowest BCUT2D eigenvalue weighted by Gasteiger charge is -2.26. The van der Waals surface area contributed by atoms with Crippen LogP contribution in [0.1, 0.15) is 23.2 Å². The Morgan fingerprint density at radius 3 is 2.43 bits per heavy atom. The van der Waals surface area contributed by atoms with Crippen molar-refractivity contribution >= 4 is 15.9 Å². The van der Waals surface area contributed by atoms with Crippen LogP contribution in [0.2, 0.25) is 0 Å². The number of carbonyl (C=O) groups is 1. The van der Waals surface area contributed by atoms with Crippen LogP contribution in [-0.4, -0.2) is 58.6 Å². The third kappa shape index (κ3) is 5.00. The van der Waals surface area contributed by atoms with Crippen molar-refractivity contribution in [2.24, 2.45) is 5.73 Å². The summed E-state index contributed by atoms with van der Waals surface area (Å²) >= 11 is 0. The average molecular weight is 341 g/mol. The molecule has 23 heavy (non-hydrogen) atoms. The monoisotopic (exact) mass is 341 g/mol. The van der Waals surface area contributed by atoms with E-state index in [1.54, 1.807) is 17.0 Å². The lowest BCUT2D eigenvalue weighted by molar-refractivity contribution is 0.0303. The van der Waals surface area contributed by atoms with Crippen molar-refractivity contribution in [3.05, 3.63) is 29.8 Å². The van der Waals surface area contributed by atoms with Crippen LogP contribution < -0.4 is 10.5 Å². The fraction of sp³-hybridized carbons (Fsp3) is 0.533. The first-order valence-corrected chi connectivity index (χ1v) is 9.20.